The van der Waals surface area contributed by atoms with Gasteiger partial charge in [-0.2, -0.15) is 0 Å². The number of pyridine rings is 1. The van der Waals surface area contributed by atoms with Crippen LogP contribution >= 0.6 is 0 Å². The predicted octanol–water partition coefficient (Wildman–Crippen LogP) is 3.10. The van der Waals surface area contributed by atoms with E-state index in [0.717, 1.165) is 6.42 Å². The second-order valence-corrected chi connectivity index (χ2v) is 6.03. The van der Waals surface area contributed by atoms with E-state index in [1.165, 1.54) is 23.3 Å². The van der Waals surface area contributed by atoms with Crippen LogP contribution in [0.15, 0.2) is 36.4 Å². The molecule has 0 aliphatic heterocycles. The van der Waals surface area contributed by atoms with Crippen molar-refractivity contribution >= 4 is 11.9 Å². The molecule has 1 aromatic carbocycles. The molecule has 1 atom stereocenters. The molecule has 0 aliphatic carbocycles. The maximum atomic E-state index is 12.6. The van der Waals surface area contributed by atoms with Crippen LogP contribution in [0, 0.1) is 13.8 Å². The van der Waals surface area contributed by atoms with Crippen LogP contribution in [0.25, 0.3) is 0 Å². The van der Waals surface area contributed by atoms with Crippen molar-refractivity contribution in [2.75, 3.05) is 7.05 Å². The first-order valence-electron chi connectivity index (χ1n) is 7.84. The monoisotopic (exact) mass is 326 g/mol. The Morgan fingerprint density at radius 1 is 1.17 bits per heavy atom. The number of aromatic nitrogens is 1. The fraction of sp³-hybridized carbons (Fsp3) is 0.316. The van der Waals surface area contributed by atoms with Gasteiger partial charge in [-0.25, -0.2) is 9.78 Å². The molecule has 5 heteroatoms. The maximum Gasteiger partial charge on any atom is 0.337 e. The molecule has 0 saturated heterocycles. The van der Waals surface area contributed by atoms with Gasteiger partial charge in [0.15, 0.2) is 0 Å². The Morgan fingerprint density at radius 2 is 1.83 bits per heavy atom. The summed E-state index contributed by atoms with van der Waals surface area (Å²) in [6.07, 6.45) is 0.751. The summed E-state index contributed by atoms with van der Waals surface area (Å²) in [6, 6.07) is 11.0. The number of amides is 1. The van der Waals surface area contributed by atoms with E-state index in [-0.39, 0.29) is 23.2 Å². The van der Waals surface area contributed by atoms with Crippen molar-refractivity contribution in [2.24, 2.45) is 0 Å². The Morgan fingerprint density at radius 3 is 2.42 bits per heavy atom. The highest BCUT2D eigenvalue weighted by Gasteiger charge is 2.20. The number of hydrogen-bond donors (Lipinski definition) is 1. The number of carboxylic acids is 1. The molecular formula is C19H22N2O3. The lowest BCUT2D eigenvalue weighted by Crippen LogP contribution is -2.37. The number of aryl methyl sites for hydroxylation is 2. The smallest absolute Gasteiger partial charge is 0.337 e. The molecule has 0 spiro atoms. The van der Waals surface area contributed by atoms with E-state index < -0.39 is 5.97 Å². The van der Waals surface area contributed by atoms with Gasteiger partial charge in [0.1, 0.15) is 5.69 Å². The van der Waals surface area contributed by atoms with Crippen molar-refractivity contribution in [1.82, 2.24) is 9.88 Å². The number of carboxylic acid groups (broad SMARTS) is 1. The second kappa shape index (κ2) is 7.25. The minimum atomic E-state index is -1.04. The standard InChI is InChI=1S/C19H22N2O3/c1-12-7-5-6-8-15(12)11-13(2)21(4)18(22)17-10-9-16(19(23)24)14(3)20-17/h5-10,13H,11H2,1-4H3,(H,23,24). The first kappa shape index (κ1) is 17.7. The number of carbonyl (C=O) groups excluding carboxylic acids is 1. The van der Waals surface area contributed by atoms with Crippen molar-refractivity contribution in [1.29, 1.82) is 0 Å². The van der Waals surface area contributed by atoms with Crippen LogP contribution in [0.5, 0.6) is 0 Å². The molecule has 0 bridgehead atoms. The topological polar surface area (TPSA) is 70.5 Å². The lowest BCUT2D eigenvalue weighted by Gasteiger charge is -2.25. The summed E-state index contributed by atoms with van der Waals surface area (Å²) in [6.45, 7) is 5.64. The van der Waals surface area contributed by atoms with Crippen LogP contribution in [0.2, 0.25) is 0 Å². The number of rotatable bonds is 5. The minimum absolute atomic E-state index is 0.000133. The molecule has 0 fully saturated rings. The highest BCUT2D eigenvalue weighted by molar-refractivity contribution is 5.94. The van der Waals surface area contributed by atoms with Crippen molar-refractivity contribution in [3.05, 3.63) is 64.5 Å². The zero-order chi connectivity index (χ0) is 17.9. The summed E-state index contributed by atoms with van der Waals surface area (Å²) < 4.78 is 0. The molecular weight excluding hydrogens is 304 g/mol. The molecule has 1 N–H and O–H groups in total. The van der Waals surface area contributed by atoms with E-state index in [1.807, 2.05) is 19.1 Å². The molecule has 1 aromatic heterocycles. The summed E-state index contributed by atoms with van der Waals surface area (Å²) in [7, 11) is 1.74. The molecule has 0 saturated carbocycles. The molecule has 0 aliphatic rings. The number of nitrogens with zero attached hydrogens (tertiary/aromatic N) is 2. The first-order chi connectivity index (χ1) is 11.3. The van der Waals surface area contributed by atoms with Crippen LogP contribution in [0.1, 0.15) is 44.6 Å². The van der Waals surface area contributed by atoms with Crippen molar-refractivity contribution in [3.8, 4) is 0 Å². The van der Waals surface area contributed by atoms with Gasteiger partial charge in [0.2, 0.25) is 0 Å². The fourth-order valence-electron chi connectivity index (χ4n) is 2.58. The molecule has 1 unspecified atom stereocenters. The van der Waals surface area contributed by atoms with Gasteiger partial charge in [0.25, 0.3) is 5.91 Å². The maximum absolute atomic E-state index is 12.6. The van der Waals surface area contributed by atoms with Crippen molar-refractivity contribution < 1.29 is 14.7 Å². The third-order valence-electron chi connectivity index (χ3n) is 4.29. The molecule has 1 heterocycles. The zero-order valence-corrected chi connectivity index (χ0v) is 14.4. The van der Waals surface area contributed by atoms with Crippen LogP contribution in [0.3, 0.4) is 0 Å². The molecule has 0 radical (unpaired) electrons. The number of aromatic carboxylic acids is 1. The molecule has 5 nitrogen and oxygen atoms in total. The Balaban J connectivity index is 2.15. The SMILES string of the molecule is Cc1ccccc1CC(C)N(C)C(=O)c1ccc(C(=O)O)c(C)n1. The number of hydrogen-bond acceptors (Lipinski definition) is 3. The van der Waals surface area contributed by atoms with Crippen LogP contribution < -0.4 is 0 Å². The minimum Gasteiger partial charge on any atom is -0.478 e. The van der Waals surface area contributed by atoms with E-state index in [2.05, 4.69) is 24.0 Å². The predicted molar refractivity (Wildman–Crippen MR) is 92.4 cm³/mol. The summed E-state index contributed by atoms with van der Waals surface area (Å²) in [5.41, 5.74) is 3.12. The van der Waals surface area contributed by atoms with Crippen molar-refractivity contribution in [2.45, 2.75) is 33.2 Å². The zero-order valence-electron chi connectivity index (χ0n) is 14.4. The van der Waals surface area contributed by atoms with Gasteiger partial charge in [-0.3, -0.25) is 4.79 Å². The van der Waals surface area contributed by atoms with E-state index >= 15 is 0 Å². The van der Waals surface area contributed by atoms with E-state index in [0.29, 0.717) is 5.69 Å². The molecule has 2 rings (SSSR count). The Kier molecular flexibility index (Phi) is 5.34. The summed E-state index contributed by atoms with van der Waals surface area (Å²) in [5.74, 6) is -1.25. The van der Waals surface area contributed by atoms with Gasteiger partial charge < -0.3 is 10.0 Å². The van der Waals surface area contributed by atoms with E-state index in [9.17, 15) is 9.59 Å². The number of benzene rings is 1. The quantitative estimate of drug-likeness (QED) is 0.916. The van der Waals surface area contributed by atoms with E-state index in [1.54, 1.807) is 18.9 Å². The fourth-order valence-corrected chi connectivity index (χ4v) is 2.58. The van der Waals surface area contributed by atoms with Gasteiger partial charge in [-0.15, -0.1) is 0 Å². The normalized spacial score (nSPS) is 11.8. The highest BCUT2D eigenvalue weighted by atomic mass is 16.4. The van der Waals surface area contributed by atoms with Gasteiger partial charge in [-0.05, 0) is 50.5 Å². The summed E-state index contributed by atoms with van der Waals surface area (Å²) in [4.78, 5) is 29.5. The lowest BCUT2D eigenvalue weighted by atomic mass is 10.0. The summed E-state index contributed by atoms with van der Waals surface area (Å²) >= 11 is 0. The Hall–Kier alpha value is -2.69. The average molecular weight is 326 g/mol. The Labute approximate surface area is 142 Å². The molecule has 1 amide bonds. The van der Waals surface area contributed by atoms with Gasteiger partial charge >= 0.3 is 5.97 Å². The lowest BCUT2D eigenvalue weighted by molar-refractivity contribution is 0.0690. The third-order valence-corrected chi connectivity index (χ3v) is 4.29. The highest BCUT2D eigenvalue weighted by Crippen LogP contribution is 2.15. The number of carbonyl (C=O) groups is 2. The van der Waals surface area contributed by atoms with Gasteiger partial charge in [-0.1, -0.05) is 24.3 Å². The molecule has 2 aromatic rings. The van der Waals surface area contributed by atoms with Crippen LogP contribution in [-0.2, 0) is 6.42 Å². The van der Waals surface area contributed by atoms with Gasteiger partial charge in [0.05, 0.1) is 11.3 Å². The second-order valence-electron chi connectivity index (χ2n) is 6.03. The summed E-state index contributed by atoms with van der Waals surface area (Å²) in [5, 5.41) is 9.05. The Bertz CT molecular complexity index is 771. The molecule has 126 valence electrons. The van der Waals surface area contributed by atoms with E-state index in [4.69, 9.17) is 5.11 Å². The largest absolute Gasteiger partial charge is 0.478 e. The van der Waals surface area contributed by atoms with Gasteiger partial charge in [0, 0.05) is 13.1 Å². The molecule has 24 heavy (non-hydrogen) atoms. The first-order valence-corrected chi connectivity index (χ1v) is 7.84. The van der Waals surface area contributed by atoms with Crippen LogP contribution in [-0.4, -0.2) is 40.0 Å². The third kappa shape index (κ3) is 3.79. The number of likely N-dealkylation sites (N-methyl/N-ethyl adjacent to an activating group) is 1. The van der Waals surface area contributed by atoms with Crippen LogP contribution in [0.4, 0.5) is 0 Å². The average Bonchev–Trinajstić information content (AvgIpc) is 2.55. The van der Waals surface area contributed by atoms with Crippen molar-refractivity contribution in [3.63, 3.8) is 0 Å².